The highest BCUT2D eigenvalue weighted by Gasteiger charge is 2.05. The van der Waals surface area contributed by atoms with Gasteiger partial charge in [0.25, 0.3) is 0 Å². The Labute approximate surface area is 94.7 Å². The van der Waals surface area contributed by atoms with E-state index in [0.29, 0.717) is 13.0 Å². The maximum Gasteiger partial charge on any atom is 0.307 e. The van der Waals surface area contributed by atoms with Gasteiger partial charge in [-0.05, 0) is 25.4 Å². The Morgan fingerprint density at radius 3 is 3.00 bits per heavy atom. The summed E-state index contributed by atoms with van der Waals surface area (Å²) in [5.41, 5.74) is 0. The first-order valence-electron chi connectivity index (χ1n) is 5.09. The van der Waals surface area contributed by atoms with E-state index < -0.39 is 0 Å². The Morgan fingerprint density at radius 1 is 1.60 bits per heavy atom. The highest BCUT2D eigenvalue weighted by atomic mass is 32.1. The molecule has 0 atom stereocenters. The van der Waals surface area contributed by atoms with Crippen LogP contribution in [0, 0.1) is 0 Å². The molecule has 0 N–H and O–H groups in total. The van der Waals surface area contributed by atoms with Gasteiger partial charge in [-0.2, -0.15) is 0 Å². The maximum absolute atomic E-state index is 11.1. The second-order valence-corrected chi connectivity index (χ2v) is 4.40. The molecule has 84 valence electrons. The first-order chi connectivity index (χ1) is 7.22. The van der Waals surface area contributed by atoms with Gasteiger partial charge in [0.05, 0.1) is 13.0 Å². The molecule has 1 aromatic rings. The van der Waals surface area contributed by atoms with Crippen molar-refractivity contribution in [3.8, 4) is 0 Å². The molecule has 0 saturated heterocycles. The lowest BCUT2D eigenvalue weighted by molar-refractivity contribution is -0.143. The molecular formula is C11H17NO2S. The predicted molar refractivity (Wildman–Crippen MR) is 61.9 cm³/mol. The number of ether oxygens (including phenoxy) is 1. The Hall–Kier alpha value is -0.870. The van der Waals surface area contributed by atoms with E-state index in [0.717, 1.165) is 13.1 Å². The molecule has 4 heteroatoms. The van der Waals surface area contributed by atoms with Crippen molar-refractivity contribution >= 4 is 17.3 Å². The Balaban J connectivity index is 2.19. The van der Waals surface area contributed by atoms with Crippen LogP contribution in [0.25, 0.3) is 0 Å². The van der Waals surface area contributed by atoms with Crippen molar-refractivity contribution in [3.05, 3.63) is 22.4 Å². The van der Waals surface area contributed by atoms with E-state index in [2.05, 4.69) is 16.3 Å². The van der Waals surface area contributed by atoms with Crippen LogP contribution >= 0.6 is 11.3 Å². The molecule has 3 nitrogen and oxygen atoms in total. The van der Waals surface area contributed by atoms with Crippen molar-refractivity contribution in [1.82, 2.24) is 4.90 Å². The zero-order valence-corrected chi connectivity index (χ0v) is 10.0. The van der Waals surface area contributed by atoms with Crippen molar-refractivity contribution in [2.75, 3.05) is 20.2 Å². The maximum atomic E-state index is 11.1. The molecule has 0 aliphatic rings. The molecule has 0 aromatic carbocycles. The minimum atomic E-state index is -0.115. The molecule has 0 aliphatic heterocycles. The average Bonchev–Trinajstić information content (AvgIpc) is 2.68. The lowest BCUT2D eigenvalue weighted by Crippen LogP contribution is -2.21. The fourth-order valence-corrected chi connectivity index (χ4v) is 2.05. The van der Waals surface area contributed by atoms with Crippen LogP contribution in [0.4, 0.5) is 0 Å². The molecule has 1 rings (SSSR count). The first-order valence-corrected chi connectivity index (χ1v) is 5.97. The van der Waals surface area contributed by atoms with E-state index >= 15 is 0 Å². The highest BCUT2D eigenvalue weighted by molar-refractivity contribution is 7.09. The van der Waals surface area contributed by atoms with Gasteiger partial charge in [0, 0.05) is 18.0 Å². The van der Waals surface area contributed by atoms with Gasteiger partial charge in [0.15, 0.2) is 0 Å². The number of thiophene rings is 1. The van der Waals surface area contributed by atoms with Crippen molar-refractivity contribution in [2.24, 2.45) is 0 Å². The summed E-state index contributed by atoms with van der Waals surface area (Å²) >= 11 is 1.74. The molecule has 0 spiro atoms. The summed E-state index contributed by atoms with van der Waals surface area (Å²) in [6, 6.07) is 4.14. The zero-order chi connectivity index (χ0) is 11.1. The molecule has 0 bridgehead atoms. The smallest absolute Gasteiger partial charge is 0.307 e. The molecule has 0 radical (unpaired) electrons. The molecule has 1 aromatic heterocycles. The van der Waals surface area contributed by atoms with Crippen molar-refractivity contribution in [1.29, 1.82) is 0 Å². The summed E-state index contributed by atoms with van der Waals surface area (Å²) < 4.78 is 4.86. The van der Waals surface area contributed by atoms with Crippen LogP contribution in [0.3, 0.4) is 0 Å². The number of esters is 1. The summed E-state index contributed by atoms with van der Waals surface area (Å²) in [6.45, 7) is 3.94. The molecule has 1 heterocycles. The van der Waals surface area contributed by atoms with Gasteiger partial charge in [-0.25, -0.2) is 0 Å². The van der Waals surface area contributed by atoms with Gasteiger partial charge in [-0.15, -0.1) is 11.3 Å². The van der Waals surface area contributed by atoms with Crippen LogP contribution in [0.15, 0.2) is 17.5 Å². The average molecular weight is 227 g/mol. The van der Waals surface area contributed by atoms with Gasteiger partial charge >= 0.3 is 5.97 Å². The summed E-state index contributed by atoms with van der Waals surface area (Å²) in [7, 11) is 2.01. The van der Waals surface area contributed by atoms with Crippen molar-refractivity contribution < 1.29 is 9.53 Å². The lowest BCUT2D eigenvalue weighted by Gasteiger charge is -2.14. The fourth-order valence-electron chi connectivity index (χ4n) is 1.26. The Kier molecular flexibility index (Phi) is 5.36. The van der Waals surface area contributed by atoms with Crippen LogP contribution in [0.2, 0.25) is 0 Å². The van der Waals surface area contributed by atoms with Gasteiger partial charge < -0.3 is 9.64 Å². The molecule has 0 amide bonds. The summed E-state index contributed by atoms with van der Waals surface area (Å²) in [5.74, 6) is -0.115. The quantitative estimate of drug-likeness (QED) is 0.697. The normalized spacial score (nSPS) is 10.6. The summed E-state index contributed by atoms with van der Waals surface area (Å²) in [6.07, 6.45) is 0.468. The zero-order valence-electron chi connectivity index (χ0n) is 9.23. The van der Waals surface area contributed by atoms with E-state index in [1.165, 1.54) is 4.88 Å². The molecular weight excluding hydrogens is 210 g/mol. The molecule has 0 unspecified atom stereocenters. The Bertz CT molecular complexity index is 285. The van der Waals surface area contributed by atoms with E-state index in [4.69, 9.17) is 4.74 Å². The molecule has 0 saturated carbocycles. The monoisotopic (exact) mass is 227 g/mol. The third-order valence-corrected chi connectivity index (χ3v) is 2.87. The number of rotatable bonds is 6. The van der Waals surface area contributed by atoms with Crippen LogP contribution in [0.1, 0.15) is 18.2 Å². The van der Waals surface area contributed by atoms with Crippen LogP contribution in [-0.2, 0) is 16.1 Å². The third kappa shape index (κ3) is 4.95. The number of carbonyl (C=O) groups is 1. The largest absolute Gasteiger partial charge is 0.466 e. The molecule has 0 fully saturated rings. The van der Waals surface area contributed by atoms with Gasteiger partial charge in [0.1, 0.15) is 0 Å². The van der Waals surface area contributed by atoms with E-state index in [-0.39, 0.29) is 5.97 Å². The van der Waals surface area contributed by atoms with Gasteiger partial charge in [-0.3, -0.25) is 4.79 Å². The van der Waals surface area contributed by atoms with Crippen LogP contribution < -0.4 is 0 Å². The standard InChI is InChI=1S/C11H17NO2S/c1-3-14-11(13)6-7-12(2)9-10-5-4-8-15-10/h4-5,8H,3,6-7,9H2,1-2H3. The van der Waals surface area contributed by atoms with Crippen molar-refractivity contribution in [2.45, 2.75) is 19.9 Å². The minimum Gasteiger partial charge on any atom is -0.466 e. The van der Waals surface area contributed by atoms with Gasteiger partial charge in [0.2, 0.25) is 0 Å². The second-order valence-electron chi connectivity index (χ2n) is 3.37. The van der Waals surface area contributed by atoms with E-state index in [9.17, 15) is 4.79 Å². The summed E-state index contributed by atoms with van der Waals surface area (Å²) in [5, 5.41) is 2.06. The first kappa shape index (κ1) is 12.2. The third-order valence-electron chi connectivity index (χ3n) is 2.01. The second kappa shape index (κ2) is 6.58. The summed E-state index contributed by atoms with van der Waals surface area (Å²) in [4.78, 5) is 14.6. The van der Waals surface area contributed by atoms with Gasteiger partial charge in [-0.1, -0.05) is 6.07 Å². The van der Waals surface area contributed by atoms with Crippen LogP contribution in [-0.4, -0.2) is 31.1 Å². The van der Waals surface area contributed by atoms with Crippen molar-refractivity contribution in [3.63, 3.8) is 0 Å². The fraction of sp³-hybridized carbons (Fsp3) is 0.545. The number of nitrogens with zero attached hydrogens (tertiary/aromatic N) is 1. The SMILES string of the molecule is CCOC(=O)CCN(C)Cc1cccs1. The predicted octanol–water partition coefficient (Wildman–Crippen LogP) is 2.13. The molecule has 0 aliphatic carbocycles. The van der Waals surface area contributed by atoms with Crippen LogP contribution in [0.5, 0.6) is 0 Å². The number of hydrogen-bond donors (Lipinski definition) is 0. The lowest BCUT2D eigenvalue weighted by atomic mass is 10.3. The number of carbonyl (C=O) groups excluding carboxylic acids is 1. The highest BCUT2D eigenvalue weighted by Crippen LogP contribution is 2.10. The molecule has 15 heavy (non-hydrogen) atoms. The minimum absolute atomic E-state index is 0.115. The van der Waals surface area contributed by atoms with E-state index in [1.54, 1.807) is 11.3 Å². The topological polar surface area (TPSA) is 29.5 Å². The van der Waals surface area contributed by atoms with E-state index in [1.807, 2.05) is 20.0 Å². The Morgan fingerprint density at radius 2 is 2.40 bits per heavy atom. The number of hydrogen-bond acceptors (Lipinski definition) is 4.